The van der Waals surface area contributed by atoms with E-state index in [0.717, 1.165) is 0 Å². The lowest BCUT2D eigenvalue weighted by atomic mass is 10.1. The van der Waals surface area contributed by atoms with Crippen LogP contribution in [0.2, 0.25) is 0 Å². The predicted octanol–water partition coefficient (Wildman–Crippen LogP) is 1.83. The number of aliphatic hydroxyl groups is 1. The molecule has 4 nitrogen and oxygen atoms in total. The molecule has 0 radical (unpaired) electrons. The number of nitrogens with one attached hydrogen (secondary N) is 1. The van der Waals surface area contributed by atoms with Gasteiger partial charge in [-0.15, -0.1) is 0 Å². The maximum Gasteiger partial charge on any atom is 0.161 e. The topological polar surface area (TPSA) is 73.3 Å². The molecule has 0 saturated carbocycles. The van der Waals surface area contributed by atoms with Gasteiger partial charge in [0.05, 0.1) is 16.3 Å². The molecule has 6 heteroatoms. The minimum absolute atomic E-state index is 0.165. The number of rotatable bonds is 2. The van der Waals surface area contributed by atoms with Gasteiger partial charge in [0.25, 0.3) is 0 Å². The van der Waals surface area contributed by atoms with Gasteiger partial charge in [-0.3, -0.25) is 5.41 Å². The van der Waals surface area contributed by atoms with Gasteiger partial charge in [0.1, 0.15) is 5.84 Å². The first kappa shape index (κ1) is 13.3. The van der Waals surface area contributed by atoms with Crippen LogP contribution in [-0.4, -0.2) is 30.1 Å². The lowest BCUT2D eigenvalue weighted by Gasteiger charge is -2.32. The summed E-state index contributed by atoms with van der Waals surface area (Å²) in [7, 11) is 0. The summed E-state index contributed by atoms with van der Waals surface area (Å²) in [6.45, 7) is 1.26. The highest BCUT2D eigenvalue weighted by Gasteiger charge is 2.22. The number of piperidine rings is 1. The molecule has 0 atom stereocenters. The molecule has 1 aliphatic rings. The van der Waals surface area contributed by atoms with Crippen molar-refractivity contribution in [3.63, 3.8) is 0 Å². The first-order valence-electron chi connectivity index (χ1n) is 5.76. The number of amidine groups is 1. The minimum atomic E-state index is -0.404. The van der Waals surface area contributed by atoms with E-state index in [2.05, 4.69) is 15.9 Å². The normalized spacial score (nSPS) is 16.9. The Morgan fingerprint density at radius 3 is 2.61 bits per heavy atom. The van der Waals surface area contributed by atoms with Crippen LogP contribution in [-0.2, 0) is 0 Å². The van der Waals surface area contributed by atoms with E-state index in [1.807, 2.05) is 4.90 Å². The number of benzene rings is 1. The molecule has 98 valence electrons. The van der Waals surface area contributed by atoms with Gasteiger partial charge in [-0.2, -0.15) is 0 Å². The van der Waals surface area contributed by atoms with Crippen LogP contribution in [0.15, 0.2) is 16.6 Å². The van der Waals surface area contributed by atoms with E-state index >= 15 is 0 Å². The third-order valence-corrected chi connectivity index (χ3v) is 3.93. The van der Waals surface area contributed by atoms with Crippen LogP contribution in [0.25, 0.3) is 0 Å². The first-order chi connectivity index (χ1) is 8.50. The number of aliphatic hydroxyl groups excluding tert-OH is 1. The van der Waals surface area contributed by atoms with Gasteiger partial charge >= 0.3 is 0 Å². The van der Waals surface area contributed by atoms with Crippen molar-refractivity contribution in [3.8, 4) is 0 Å². The van der Waals surface area contributed by atoms with Gasteiger partial charge in [-0.05, 0) is 40.9 Å². The van der Waals surface area contributed by atoms with Crippen LogP contribution < -0.4 is 10.6 Å². The van der Waals surface area contributed by atoms with E-state index in [1.54, 1.807) is 12.1 Å². The fraction of sp³-hybridized carbons (Fsp3) is 0.417. The van der Waals surface area contributed by atoms with E-state index in [0.29, 0.717) is 37.2 Å². The summed E-state index contributed by atoms with van der Waals surface area (Å²) in [6, 6.07) is 3.27. The first-order valence-corrected chi connectivity index (χ1v) is 6.55. The van der Waals surface area contributed by atoms with Crippen LogP contribution >= 0.6 is 15.9 Å². The lowest BCUT2D eigenvalue weighted by molar-refractivity contribution is 0.145. The number of anilines is 1. The van der Waals surface area contributed by atoms with Gasteiger partial charge in [0, 0.05) is 18.7 Å². The summed E-state index contributed by atoms with van der Waals surface area (Å²) in [5.74, 6) is -0.569. The van der Waals surface area contributed by atoms with Gasteiger partial charge in [-0.1, -0.05) is 0 Å². The molecular formula is C12H15BrFN3O. The molecule has 2 rings (SSSR count). The van der Waals surface area contributed by atoms with E-state index in [9.17, 15) is 9.50 Å². The summed E-state index contributed by atoms with van der Waals surface area (Å²) in [5, 5.41) is 16.8. The monoisotopic (exact) mass is 315 g/mol. The number of hydrogen-bond donors (Lipinski definition) is 3. The molecule has 1 aliphatic heterocycles. The van der Waals surface area contributed by atoms with Crippen molar-refractivity contribution in [1.29, 1.82) is 5.41 Å². The molecule has 1 aromatic carbocycles. The van der Waals surface area contributed by atoms with Crippen molar-refractivity contribution < 1.29 is 9.50 Å². The fourth-order valence-electron chi connectivity index (χ4n) is 2.10. The van der Waals surface area contributed by atoms with E-state index in [4.69, 9.17) is 11.1 Å². The highest BCUT2D eigenvalue weighted by atomic mass is 79.9. The van der Waals surface area contributed by atoms with Gasteiger partial charge in [0.2, 0.25) is 0 Å². The van der Waals surface area contributed by atoms with Crippen LogP contribution in [0, 0.1) is 11.2 Å². The summed E-state index contributed by atoms with van der Waals surface area (Å²) in [5.41, 5.74) is 6.21. The van der Waals surface area contributed by atoms with Crippen molar-refractivity contribution in [2.45, 2.75) is 18.9 Å². The summed E-state index contributed by atoms with van der Waals surface area (Å²) in [6.07, 6.45) is 1.00. The SMILES string of the molecule is N=C(N)c1ccc(N2CCC(O)CC2)c(F)c1Br. The van der Waals surface area contributed by atoms with Crippen LogP contribution in [0.1, 0.15) is 18.4 Å². The number of nitrogens with zero attached hydrogens (tertiary/aromatic N) is 1. The second kappa shape index (κ2) is 5.24. The van der Waals surface area contributed by atoms with Crippen LogP contribution in [0.4, 0.5) is 10.1 Å². The van der Waals surface area contributed by atoms with Crippen LogP contribution in [0.5, 0.6) is 0 Å². The number of hydrogen-bond acceptors (Lipinski definition) is 3. The second-order valence-corrected chi connectivity index (χ2v) is 5.19. The average molecular weight is 316 g/mol. The second-order valence-electron chi connectivity index (χ2n) is 4.39. The van der Waals surface area contributed by atoms with Gasteiger partial charge in [0.15, 0.2) is 5.82 Å². The minimum Gasteiger partial charge on any atom is -0.393 e. The van der Waals surface area contributed by atoms with E-state index in [1.165, 1.54) is 0 Å². The molecule has 0 spiro atoms. The highest BCUT2D eigenvalue weighted by molar-refractivity contribution is 9.10. The smallest absolute Gasteiger partial charge is 0.161 e. The summed E-state index contributed by atoms with van der Waals surface area (Å²) >= 11 is 3.14. The van der Waals surface area contributed by atoms with E-state index in [-0.39, 0.29) is 16.4 Å². The number of halogens is 2. The summed E-state index contributed by atoms with van der Waals surface area (Å²) < 4.78 is 14.4. The number of nitrogens with two attached hydrogens (primary N) is 1. The molecule has 0 amide bonds. The number of nitrogen functional groups attached to an aromatic ring is 1. The molecule has 1 heterocycles. The Bertz CT molecular complexity index is 473. The molecule has 1 fully saturated rings. The highest BCUT2D eigenvalue weighted by Crippen LogP contribution is 2.30. The van der Waals surface area contributed by atoms with Crippen molar-refractivity contribution in [2.24, 2.45) is 5.73 Å². The molecule has 1 saturated heterocycles. The Labute approximate surface area is 113 Å². The Morgan fingerprint density at radius 1 is 1.44 bits per heavy atom. The zero-order valence-corrected chi connectivity index (χ0v) is 11.4. The van der Waals surface area contributed by atoms with Gasteiger partial charge in [-0.25, -0.2) is 4.39 Å². The molecule has 18 heavy (non-hydrogen) atoms. The van der Waals surface area contributed by atoms with Crippen LogP contribution in [0.3, 0.4) is 0 Å². The largest absolute Gasteiger partial charge is 0.393 e. The van der Waals surface area contributed by atoms with Crippen molar-refractivity contribution in [2.75, 3.05) is 18.0 Å². The Hall–Kier alpha value is -1.14. The fourth-order valence-corrected chi connectivity index (χ4v) is 2.65. The Balaban J connectivity index is 2.30. The molecule has 0 bridgehead atoms. The van der Waals surface area contributed by atoms with Gasteiger partial charge < -0.3 is 15.7 Å². The third kappa shape index (κ3) is 2.49. The molecule has 0 unspecified atom stereocenters. The molecule has 1 aromatic rings. The van der Waals surface area contributed by atoms with Crippen molar-refractivity contribution in [1.82, 2.24) is 0 Å². The maximum absolute atomic E-state index is 14.2. The zero-order chi connectivity index (χ0) is 13.3. The molecule has 0 aromatic heterocycles. The molecule has 4 N–H and O–H groups in total. The quantitative estimate of drug-likeness (QED) is 0.576. The van der Waals surface area contributed by atoms with Crippen molar-refractivity contribution in [3.05, 3.63) is 28.0 Å². The molecule has 0 aliphatic carbocycles. The molecular weight excluding hydrogens is 301 g/mol. The lowest BCUT2D eigenvalue weighted by Crippen LogP contribution is -2.36. The van der Waals surface area contributed by atoms with Crippen molar-refractivity contribution >= 4 is 27.5 Å². The predicted molar refractivity (Wildman–Crippen MR) is 72.6 cm³/mol. The van der Waals surface area contributed by atoms with E-state index < -0.39 is 5.82 Å². The standard InChI is InChI=1S/C12H15BrFN3O/c13-10-8(12(15)16)1-2-9(11(10)14)17-5-3-7(18)4-6-17/h1-2,7,18H,3-6H2,(H3,15,16). The third-order valence-electron chi connectivity index (χ3n) is 3.16. The summed E-state index contributed by atoms with van der Waals surface area (Å²) in [4.78, 5) is 1.90. The Kier molecular flexibility index (Phi) is 3.87. The maximum atomic E-state index is 14.2. The average Bonchev–Trinajstić information content (AvgIpc) is 2.33. The zero-order valence-electron chi connectivity index (χ0n) is 9.79. The Morgan fingerprint density at radius 2 is 2.06 bits per heavy atom.